The van der Waals surface area contributed by atoms with E-state index in [0.717, 1.165) is 36.8 Å². The minimum Gasteiger partial charge on any atom is -0.545 e. The van der Waals surface area contributed by atoms with E-state index in [-0.39, 0.29) is 38.4 Å². The summed E-state index contributed by atoms with van der Waals surface area (Å²) < 4.78 is 0. The summed E-state index contributed by atoms with van der Waals surface area (Å²) in [5.74, 6) is -2.17. The first-order chi connectivity index (χ1) is 17.5. The molecule has 0 N–H and O–H groups in total. The molecule has 0 atom stereocenters. The van der Waals surface area contributed by atoms with Gasteiger partial charge in [-0.15, -0.1) is 0 Å². The van der Waals surface area contributed by atoms with Crippen molar-refractivity contribution in [2.24, 2.45) is 0 Å². The molecule has 202 valence electrons. The number of benzene rings is 2. The molecule has 0 unspecified atom stereocenters. The SMILES string of the molecule is CCCCCCCCCc1cccc(C(=O)[O-])c1.CCCCCCCCCc1cccc(C(=O)[O-])c1.[Pb+2]. The van der Waals surface area contributed by atoms with Crippen LogP contribution in [0.15, 0.2) is 48.5 Å². The van der Waals surface area contributed by atoms with Crippen molar-refractivity contribution in [3.8, 4) is 0 Å². The third-order valence-corrected chi connectivity index (χ3v) is 6.46. The molecule has 2 aromatic carbocycles. The Morgan fingerprint density at radius 3 is 1.19 bits per heavy atom. The van der Waals surface area contributed by atoms with Crippen LogP contribution in [0.3, 0.4) is 0 Å². The van der Waals surface area contributed by atoms with Crippen molar-refractivity contribution >= 4 is 39.2 Å². The van der Waals surface area contributed by atoms with Crippen molar-refractivity contribution in [2.75, 3.05) is 0 Å². The van der Waals surface area contributed by atoms with Crippen LogP contribution in [0.25, 0.3) is 0 Å². The number of aryl methyl sites for hydroxylation is 2. The van der Waals surface area contributed by atoms with E-state index in [1.54, 1.807) is 36.4 Å². The van der Waals surface area contributed by atoms with Gasteiger partial charge in [-0.05, 0) is 60.1 Å². The molecule has 0 fully saturated rings. The molecule has 0 saturated heterocycles. The van der Waals surface area contributed by atoms with Gasteiger partial charge >= 0.3 is 27.3 Å². The topological polar surface area (TPSA) is 80.3 Å². The minimum atomic E-state index is -1.09. The summed E-state index contributed by atoms with van der Waals surface area (Å²) in [6.07, 6.45) is 19.9. The van der Waals surface area contributed by atoms with Crippen LogP contribution in [0.1, 0.15) is 136 Å². The molecule has 0 bridgehead atoms. The minimum absolute atomic E-state index is 0. The van der Waals surface area contributed by atoms with Crippen LogP contribution >= 0.6 is 0 Å². The maximum Gasteiger partial charge on any atom is 2.00 e. The summed E-state index contributed by atoms with van der Waals surface area (Å²) in [4.78, 5) is 21.4. The van der Waals surface area contributed by atoms with Crippen LogP contribution < -0.4 is 10.2 Å². The van der Waals surface area contributed by atoms with Gasteiger partial charge in [0.25, 0.3) is 0 Å². The van der Waals surface area contributed by atoms with Crippen molar-refractivity contribution in [3.63, 3.8) is 0 Å². The largest absolute Gasteiger partial charge is 2.00 e. The fourth-order valence-electron chi connectivity index (χ4n) is 4.28. The van der Waals surface area contributed by atoms with E-state index < -0.39 is 11.9 Å². The van der Waals surface area contributed by atoms with E-state index in [1.165, 1.54) is 77.0 Å². The van der Waals surface area contributed by atoms with Crippen molar-refractivity contribution in [1.29, 1.82) is 0 Å². The van der Waals surface area contributed by atoms with Crippen molar-refractivity contribution < 1.29 is 19.8 Å². The zero-order valence-electron chi connectivity index (χ0n) is 23.1. The van der Waals surface area contributed by atoms with Gasteiger partial charge in [-0.2, -0.15) is 0 Å². The number of carboxylic acids is 2. The summed E-state index contributed by atoms with van der Waals surface area (Å²) in [5.41, 5.74) is 2.78. The molecule has 2 radical (unpaired) electrons. The van der Waals surface area contributed by atoms with Crippen LogP contribution in [-0.4, -0.2) is 39.2 Å². The number of unbranched alkanes of at least 4 members (excludes halogenated alkanes) is 12. The smallest absolute Gasteiger partial charge is 0.545 e. The molecule has 0 aliphatic heterocycles. The molecule has 0 amide bonds. The Bertz CT molecular complexity index is 794. The van der Waals surface area contributed by atoms with Crippen molar-refractivity contribution in [3.05, 3.63) is 70.8 Å². The molecular weight excluding hydrogens is 656 g/mol. The standard InChI is InChI=1S/2C16H24O2.Pb/c2*1-2-3-4-5-6-7-8-10-14-11-9-12-15(13-14)16(17)18;/h2*9,11-13H,2-8,10H2,1H3,(H,17,18);/q;;+2/p-2. The van der Waals surface area contributed by atoms with Gasteiger partial charge < -0.3 is 19.8 Å². The van der Waals surface area contributed by atoms with Gasteiger partial charge in [-0.25, -0.2) is 0 Å². The average Bonchev–Trinajstić information content (AvgIpc) is 2.88. The van der Waals surface area contributed by atoms with Crippen LogP contribution in [0.2, 0.25) is 0 Å². The summed E-state index contributed by atoms with van der Waals surface area (Å²) in [7, 11) is 0. The van der Waals surface area contributed by atoms with E-state index in [1.807, 2.05) is 12.1 Å². The van der Waals surface area contributed by atoms with E-state index in [4.69, 9.17) is 0 Å². The predicted octanol–water partition coefficient (Wildman–Crippen LogP) is 6.31. The monoisotopic (exact) mass is 702 g/mol. The normalized spacial score (nSPS) is 10.2. The van der Waals surface area contributed by atoms with Crippen molar-refractivity contribution in [2.45, 2.75) is 117 Å². The van der Waals surface area contributed by atoms with Crippen LogP contribution in [0, 0.1) is 0 Å². The van der Waals surface area contributed by atoms with E-state index in [9.17, 15) is 19.8 Å². The van der Waals surface area contributed by atoms with Crippen LogP contribution in [-0.2, 0) is 12.8 Å². The first-order valence-electron chi connectivity index (χ1n) is 14.1. The number of rotatable bonds is 18. The number of aromatic carboxylic acids is 2. The van der Waals surface area contributed by atoms with E-state index >= 15 is 0 Å². The summed E-state index contributed by atoms with van der Waals surface area (Å²) >= 11 is 0. The molecule has 0 spiro atoms. The number of hydrogen-bond donors (Lipinski definition) is 0. The molecular formula is C32H46O4Pb. The first-order valence-corrected chi connectivity index (χ1v) is 14.1. The Hall–Kier alpha value is -1.70. The fraction of sp³-hybridized carbons (Fsp3) is 0.562. The second-order valence-electron chi connectivity index (χ2n) is 9.72. The fourth-order valence-corrected chi connectivity index (χ4v) is 4.28. The number of carboxylic acid groups (broad SMARTS) is 2. The van der Waals surface area contributed by atoms with Gasteiger partial charge in [0.1, 0.15) is 0 Å². The van der Waals surface area contributed by atoms with Gasteiger partial charge in [-0.1, -0.05) is 127 Å². The van der Waals surface area contributed by atoms with Gasteiger partial charge in [0.2, 0.25) is 0 Å². The summed E-state index contributed by atoms with van der Waals surface area (Å²) in [6, 6.07) is 14.2. The zero-order valence-corrected chi connectivity index (χ0v) is 27.0. The van der Waals surface area contributed by atoms with Gasteiger partial charge in [-0.3, -0.25) is 0 Å². The third-order valence-electron chi connectivity index (χ3n) is 6.46. The molecule has 0 heterocycles. The number of hydrogen-bond acceptors (Lipinski definition) is 4. The van der Waals surface area contributed by atoms with Gasteiger partial charge in [0.05, 0.1) is 11.9 Å². The molecule has 37 heavy (non-hydrogen) atoms. The van der Waals surface area contributed by atoms with Crippen molar-refractivity contribution in [1.82, 2.24) is 0 Å². The number of carbonyl (C=O) groups excluding carboxylic acids is 2. The molecule has 2 rings (SSSR count). The molecule has 0 aromatic heterocycles. The Kier molecular flexibility index (Phi) is 22.3. The molecule has 0 saturated carbocycles. The zero-order chi connectivity index (χ0) is 26.4. The van der Waals surface area contributed by atoms with Crippen LogP contribution in [0.4, 0.5) is 0 Å². The average molecular weight is 702 g/mol. The van der Waals surface area contributed by atoms with E-state index in [2.05, 4.69) is 13.8 Å². The van der Waals surface area contributed by atoms with E-state index in [0.29, 0.717) is 0 Å². The molecule has 4 nitrogen and oxygen atoms in total. The van der Waals surface area contributed by atoms with Gasteiger partial charge in [0.15, 0.2) is 0 Å². The second kappa shape index (κ2) is 23.4. The molecule has 2 aromatic rings. The predicted molar refractivity (Wildman–Crippen MR) is 151 cm³/mol. The first kappa shape index (κ1) is 35.3. The maximum atomic E-state index is 10.7. The Morgan fingerprint density at radius 2 is 0.865 bits per heavy atom. The third kappa shape index (κ3) is 18.2. The maximum absolute atomic E-state index is 10.7. The molecule has 0 aliphatic rings. The Morgan fingerprint density at radius 1 is 0.541 bits per heavy atom. The van der Waals surface area contributed by atoms with Crippen LogP contribution in [0.5, 0.6) is 0 Å². The molecule has 0 aliphatic carbocycles. The quantitative estimate of drug-likeness (QED) is 0.135. The van der Waals surface area contributed by atoms with Gasteiger partial charge in [0, 0.05) is 0 Å². The summed E-state index contributed by atoms with van der Waals surface area (Å²) in [5, 5.41) is 21.4. The number of carbonyl (C=O) groups is 2. The Labute approximate surface area is 245 Å². The molecule has 5 heteroatoms. The Balaban J connectivity index is 0.000000682. The second-order valence-corrected chi connectivity index (χ2v) is 9.72. The summed E-state index contributed by atoms with van der Waals surface area (Å²) in [6.45, 7) is 4.45.